The van der Waals surface area contributed by atoms with Crippen LogP contribution < -0.4 is 5.32 Å². The molecule has 3 aromatic rings. The monoisotopic (exact) mass is 311 g/mol. The Bertz CT molecular complexity index is 765. The van der Waals surface area contributed by atoms with E-state index in [0.29, 0.717) is 21.4 Å². The number of thiazole rings is 1. The average Bonchev–Trinajstić information content (AvgIpc) is 2.95. The number of carbonyl (C=O) groups is 1. The lowest BCUT2D eigenvalue weighted by molar-refractivity contribution is 0.102. The number of halogens is 2. The van der Waals surface area contributed by atoms with Crippen LogP contribution >= 0.6 is 34.5 Å². The van der Waals surface area contributed by atoms with Gasteiger partial charge < -0.3 is 5.32 Å². The van der Waals surface area contributed by atoms with Crippen LogP contribution in [0.2, 0.25) is 10.0 Å². The Morgan fingerprint density at radius 3 is 2.95 bits per heavy atom. The Morgan fingerprint density at radius 1 is 1.32 bits per heavy atom. The van der Waals surface area contributed by atoms with Crippen molar-refractivity contribution in [2.45, 2.75) is 0 Å². The summed E-state index contributed by atoms with van der Waals surface area (Å²) in [6.07, 6.45) is 3.40. The van der Waals surface area contributed by atoms with Crippen molar-refractivity contribution in [3.05, 3.63) is 51.7 Å². The van der Waals surface area contributed by atoms with Gasteiger partial charge in [-0.05, 0) is 18.2 Å². The first-order valence-corrected chi connectivity index (χ1v) is 6.95. The maximum Gasteiger partial charge on any atom is 0.273 e. The lowest BCUT2D eigenvalue weighted by Gasteiger charge is -2.05. The van der Waals surface area contributed by atoms with Crippen LogP contribution in [-0.4, -0.2) is 15.3 Å². The molecule has 7 heteroatoms. The normalized spacial score (nSPS) is 10.8. The van der Waals surface area contributed by atoms with Crippen LogP contribution in [0, 0.1) is 0 Å². The molecule has 0 fully saturated rings. The van der Waals surface area contributed by atoms with E-state index in [1.54, 1.807) is 40.4 Å². The number of rotatable bonds is 2. The smallest absolute Gasteiger partial charge is 0.273 e. The van der Waals surface area contributed by atoms with Gasteiger partial charge >= 0.3 is 0 Å². The molecule has 3 rings (SSSR count). The second-order valence-corrected chi connectivity index (χ2v) is 5.43. The molecule has 0 unspecified atom stereocenters. The van der Waals surface area contributed by atoms with Crippen molar-refractivity contribution < 1.29 is 4.79 Å². The third kappa shape index (κ3) is 2.32. The minimum Gasteiger partial charge on any atom is -0.321 e. The molecule has 0 radical (unpaired) electrons. The van der Waals surface area contributed by atoms with Gasteiger partial charge in [0.05, 0.1) is 10.0 Å². The first kappa shape index (κ1) is 12.5. The maximum atomic E-state index is 12.2. The van der Waals surface area contributed by atoms with E-state index in [2.05, 4.69) is 10.3 Å². The standard InChI is InChI=1S/C12H7Cl2N3OS/c13-8-2-1-7(5-9(8)14)16-11(18)10-6-19-12-15-3-4-17(10)12/h1-6H,(H,16,18). The van der Waals surface area contributed by atoms with Crippen LogP contribution in [0.3, 0.4) is 0 Å². The molecule has 2 aromatic heterocycles. The fourth-order valence-corrected chi connectivity index (χ4v) is 2.79. The van der Waals surface area contributed by atoms with E-state index in [4.69, 9.17) is 23.2 Å². The van der Waals surface area contributed by atoms with Crippen LogP contribution in [0.15, 0.2) is 36.0 Å². The van der Waals surface area contributed by atoms with Gasteiger partial charge in [-0.2, -0.15) is 0 Å². The van der Waals surface area contributed by atoms with Gasteiger partial charge in [-0.3, -0.25) is 9.20 Å². The van der Waals surface area contributed by atoms with Crippen LogP contribution in [0.4, 0.5) is 5.69 Å². The quantitative estimate of drug-likeness (QED) is 0.778. The summed E-state index contributed by atoms with van der Waals surface area (Å²) in [5, 5.41) is 5.38. The number of nitrogens with zero attached hydrogens (tertiary/aromatic N) is 2. The van der Waals surface area contributed by atoms with Gasteiger partial charge in [0.25, 0.3) is 5.91 Å². The van der Waals surface area contributed by atoms with E-state index < -0.39 is 0 Å². The highest BCUT2D eigenvalue weighted by Gasteiger charge is 2.13. The minimum atomic E-state index is -0.220. The van der Waals surface area contributed by atoms with Crippen molar-refractivity contribution in [2.75, 3.05) is 5.32 Å². The van der Waals surface area contributed by atoms with Crippen molar-refractivity contribution in [3.8, 4) is 0 Å². The number of anilines is 1. The molecule has 1 aromatic carbocycles. The predicted octanol–water partition coefficient (Wildman–Crippen LogP) is 3.95. The second-order valence-electron chi connectivity index (χ2n) is 3.78. The van der Waals surface area contributed by atoms with E-state index in [-0.39, 0.29) is 5.91 Å². The van der Waals surface area contributed by atoms with E-state index in [9.17, 15) is 4.79 Å². The molecule has 96 valence electrons. The number of imidazole rings is 1. The predicted molar refractivity (Wildman–Crippen MR) is 77.5 cm³/mol. The first-order valence-electron chi connectivity index (χ1n) is 5.32. The zero-order valence-electron chi connectivity index (χ0n) is 9.43. The van der Waals surface area contributed by atoms with Crippen molar-refractivity contribution in [3.63, 3.8) is 0 Å². The van der Waals surface area contributed by atoms with Gasteiger partial charge in [0, 0.05) is 23.5 Å². The van der Waals surface area contributed by atoms with Gasteiger partial charge in [-0.1, -0.05) is 23.2 Å². The molecule has 0 saturated carbocycles. The number of amides is 1. The Labute approximate surface area is 122 Å². The summed E-state index contributed by atoms with van der Waals surface area (Å²) in [5.74, 6) is -0.220. The van der Waals surface area contributed by atoms with Crippen molar-refractivity contribution in [1.82, 2.24) is 9.38 Å². The molecule has 0 aliphatic heterocycles. The van der Waals surface area contributed by atoms with Crippen molar-refractivity contribution in [1.29, 1.82) is 0 Å². The molecule has 0 aliphatic rings. The molecule has 0 bridgehead atoms. The number of hydrogen-bond donors (Lipinski definition) is 1. The second kappa shape index (κ2) is 4.85. The Balaban J connectivity index is 1.89. The third-order valence-electron chi connectivity index (χ3n) is 2.55. The summed E-state index contributed by atoms with van der Waals surface area (Å²) in [7, 11) is 0. The van der Waals surface area contributed by atoms with E-state index in [1.807, 2.05) is 0 Å². The lowest BCUT2D eigenvalue weighted by Crippen LogP contribution is -2.13. The molecule has 0 aliphatic carbocycles. The molecular formula is C12H7Cl2N3OS. The highest BCUT2D eigenvalue weighted by molar-refractivity contribution is 7.15. The minimum absolute atomic E-state index is 0.220. The van der Waals surface area contributed by atoms with E-state index >= 15 is 0 Å². The summed E-state index contributed by atoms with van der Waals surface area (Å²) in [4.78, 5) is 17.0. The number of benzene rings is 1. The summed E-state index contributed by atoms with van der Waals surface area (Å²) in [6.45, 7) is 0. The van der Waals surface area contributed by atoms with Crippen molar-refractivity contribution >= 4 is 51.1 Å². The number of nitrogens with one attached hydrogen (secondary N) is 1. The number of fused-ring (bicyclic) bond motifs is 1. The van der Waals surface area contributed by atoms with Gasteiger partial charge in [-0.25, -0.2) is 4.98 Å². The SMILES string of the molecule is O=C(Nc1ccc(Cl)c(Cl)c1)c1csc2nccn12. The van der Waals surface area contributed by atoms with E-state index in [1.165, 1.54) is 11.3 Å². The lowest BCUT2D eigenvalue weighted by atomic mass is 10.3. The van der Waals surface area contributed by atoms with Gasteiger partial charge in [0.2, 0.25) is 0 Å². The molecule has 19 heavy (non-hydrogen) atoms. The first-order chi connectivity index (χ1) is 9.15. The average molecular weight is 312 g/mol. The topological polar surface area (TPSA) is 46.4 Å². The summed E-state index contributed by atoms with van der Waals surface area (Å²) >= 11 is 13.1. The molecule has 0 atom stereocenters. The van der Waals surface area contributed by atoms with E-state index in [0.717, 1.165) is 4.96 Å². The number of carbonyl (C=O) groups excluding carboxylic acids is 1. The molecule has 1 amide bonds. The number of aromatic nitrogens is 2. The molecule has 4 nitrogen and oxygen atoms in total. The summed E-state index contributed by atoms with van der Waals surface area (Å²) < 4.78 is 1.73. The zero-order valence-corrected chi connectivity index (χ0v) is 11.8. The van der Waals surface area contributed by atoms with Gasteiger partial charge in [-0.15, -0.1) is 11.3 Å². The van der Waals surface area contributed by atoms with Crippen LogP contribution in [0.5, 0.6) is 0 Å². The molecule has 1 N–H and O–H groups in total. The Kier molecular flexibility index (Phi) is 3.18. The zero-order chi connectivity index (χ0) is 13.4. The van der Waals surface area contributed by atoms with Gasteiger partial charge in [0.15, 0.2) is 4.96 Å². The van der Waals surface area contributed by atoms with Crippen molar-refractivity contribution in [2.24, 2.45) is 0 Å². The summed E-state index contributed by atoms with van der Waals surface area (Å²) in [6, 6.07) is 4.95. The number of hydrogen-bond acceptors (Lipinski definition) is 3. The van der Waals surface area contributed by atoms with Crippen LogP contribution in [-0.2, 0) is 0 Å². The highest BCUT2D eigenvalue weighted by Crippen LogP contribution is 2.25. The fraction of sp³-hybridized carbons (Fsp3) is 0. The van der Waals surface area contributed by atoms with Crippen LogP contribution in [0.1, 0.15) is 10.5 Å². The van der Waals surface area contributed by atoms with Gasteiger partial charge in [0.1, 0.15) is 5.69 Å². The third-order valence-corrected chi connectivity index (χ3v) is 4.15. The largest absolute Gasteiger partial charge is 0.321 e. The Morgan fingerprint density at radius 2 is 2.16 bits per heavy atom. The molecular weight excluding hydrogens is 305 g/mol. The highest BCUT2D eigenvalue weighted by atomic mass is 35.5. The van der Waals surface area contributed by atoms with Crippen LogP contribution in [0.25, 0.3) is 4.96 Å². The molecule has 2 heterocycles. The maximum absolute atomic E-state index is 12.2. The molecule has 0 saturated heterocycles. The summed E-state index contributed by atoms with van der Waals surface area (Å²) in [5.41, 5.74) is 1.13. The fourth-order valence-electron chi connectivity index (χ4n) is 1.66. The molecule has 0 spiro atoms. The Hall–Kier alpha value is -1.56.